The molecule has 1 amide bonds. The molecule has 1 rings (SSSR count). The number of hydrogen-bond acceptors (Lipinski definition) is 5. The van der Waals surface area contributed by atoms with Crippen LogP contribution in [0.15, 0.2) is 0 Å². The molecule has 0 saturated carbocycles. The number of rotatable bonds is 5. The first-order chi connectivity index (χ1) is 7.69. The molecule has 0 bridgehead atoms. The van der Waals surface area contributed by atoms with Gasteiger partial charge < -0.3 is 19.7 Å². The normalized spacial score (nSPS) is 19.8. The van der Waals surface area contributed by atoms with Gasteiger partial charge in [-0.15, -0.1) is 12.4 Å². The van der Waals surface area contributed by atoms with Gasteiger partial charge in [0, 0.05) is 26.7 Å². The quantitative estimate of drug-likeness (QED) is 0.675. The molecule has 0 aliphatic carbocycles. The van der Waals surface area contributed by atoms with E-state index < -0.39 is 6.04 Å². The molecule has 1 aliphatic rings. The Labute approximate surface area is 107 Å². The van der Waals surface area contributed by atoms with Gasteiger partial charge in [0.2, 0.25) is 5.91 Å². The monoisotopic (exact) mass is 266 g/mol. The zero-order valence-electron chi connectivity index (χ0n) is 10.1. The van der Waals surface area contributed by atoms with Crippen molar-refractivity contribution in [2.75, 3.05) is 40.5 Å². The third kappa shape index (κ3) is 4.89. The second-order valence-corrected chi connectivity index (χ2v) is 3.61. The molecule has 0 spiro atoms. The summed E-state index contributed by atoms with van der Waals surface area (Å²) in [5.74, 6) is -0.437. The van der Waals surface area contributed by atoms with E-state index in [0.29, 0.717) is 26.2 Å². The minimum Gasteiger partial charge on any atom is -0.469 e. The van der Waals surface area contributed by atoms with E-state index in [0.717, 1.165) is 0 Å². The van der Waals surface area contributed by atoms with Gasteiger partial charge in [0.05, 0.1) is 26.2 Å². The first-order valence-corrected chi connectivity index (χ1v) is 5.27. The Balaban J connectivity index is 0.00000256. The van der Waals surface area contributed by atoms with E-state index >= 15 is 0 Å². The first kappa shape index (κ1) is 16.1. The summed E-state index contributed by atoms with van der Waals surface area (Å²) in [5, 5.41) is 3.01. The maximum atomic E-state index is 11.9. The molecule has 0 aromatic rings. The van der Waals surface area contributed by atoms with Crippen molar-refractivity contribution in [2.24, 2.45) is 0 Å². The van der Waals surface area contributed by atoms with Crippen LogP contribution >= 0.6 is 12.4 Å². The van der Waals surface area contributed by atoms with Gasteiger partial charge in [-0.1, -0.05) is 0 Å². The molecule has 17 heavy (non-hydrogen) atoms. The number of carbonyl (C=O) groups is 2. The zero-order chi connectivity index (χ0) is 12.0. The fourth-order valence-electron chi connectivity index (χ4n) is 1.62. The highest BCUT2D eigenvalue weighted by molar-refractivity contribution is 5.87. The Kier molecular flexibility index (Phi) is 7.86. The van der Waals surface area contributed by atoms with Crippen LogP contribution in [0.1, 0.15) is 6.42 Å². The maximum absolute atomic E-state index is 11.9. The van der Waals surface area contributed by atoms with Gasteiger partial charge in [-0.2, -0.15) is 0 Å². The van der Waals surface area contributed by atoms with E-state index in [4.69, 9.17) is 4.74 Å². The van der Waals surface area contributed by atoms with Crippen LogP contribution < -0.4 is 5.32 Å². The van der Waals surface area contributed by atoms with Crippen LogP contribution in [0.3, 0.4) is 0 Å². The van der Waals surface area contributed by atoms with E-state index in [-0.39, 0.29) is 30.7 Å². The molecule has 1 aliphatic heterocycles. The fourth-order valence-corrected chi connectivity index (χ4v) is 1.62. The molecule has 100 valence electrons. The van der Waals surface area contributed by atoms with Gasteiger partial charge in [0.1, 0.15) is 0 Å². The van der Waals surface area contributed by atoms with Crippen LogP contribution in [-0.4, -0.2) is 63.3 Å². The van der Waals surface area contributed by atoms with E-state index in [1.54, 1.807) is 12.0 Å². The number of methoxy groups -OCH3 is 2. The Morgan fingerprint density at radius 3 is 2.82 bits per heavy atom. The number of esters is 1. The average Bonchev–Trinajstić information content (AvgIpc) is 2.30. The minimum atomic E-state index is -0.460. The molecular weight excluding hydrogens is 248 g/mol. The van der Waals surface area contributed by atoms with Crippen LogP contribution in [0.4, 0.5) is 0 Å². The van der Waals surface area contributed by atoms with Crippen molar-refractivity contribution in [3.8, 4) is 0 Å². The van der Waals surface area contributed by atoms with E-state index in [1.807, 2.05) is 0 Å². The minimum absolute atomic E-state index is 0. The lowest BCUT2D eigenvalue weighted by Gasteiger charge is -2.32. The molecule has 0 aromatic heterocycles. The number of amides is 1. The molecule has 1 fully saturated rings. The van der Waals surface area contributed by atoms with Crippen molar-refractivity contribution in [3.63, 3.8) is 0 Å². The lowest BCUT2D eigenvalue weighted by Crippen LogP contribution is -2.56. The van der Waals surface area contributed by atoms with Crippen LogP contribution in [0, 0.1) is 0 Å². The van der Waals surface area contributed by atoms with Crippen molar-refractivity contribution in [3.05, 3.63) is 0 Å². The van der Waals surface area contributed by atoms with Crippen molar-refractivity contribution in [2.45, 2.75) is 12.5 Å². The number of piperazine rings is 1. The van der Waals surface area contributed by atoms with Gasteiger partial charge in [-0.05, 0) is 0 Å². The second-order valence-electron chi connectivity index (χ2n) is 3.61. The largest absolute Gasteiger partial charge is 0.469 e. The van der Waals surface area contributed by atoms with E-state index in [2.05, 4.69) is 10.1 Å². The fraction of sp³-hybridized carbons (Fsp3) is 0.800. The topological polar surface area (TPSA) is 67.9 Å². The second kappa shape index (κ2) is 8.27. The van der Waals surface area contributed by atoms with Crippen LogP contribution in [0.2, 0.25) is 0 Å². The molecule has 0 radical (unpaired) electrons. The highest BCUT2D eigenvalue weighted by Gasteiger charge is 2.29. The predicted molar refractivity (Wildman–Crippen MR) is 64.1 cm³/mol. The summed E-state index contributed by atoms with van der Waals surface area (Å²) in [6, 6.07) is -0.460. The van der Waals surface area contributed by atoms with Gasteiger partial charge in [-0.3, -0.25) is 9.59 Å². The van der Waals surface area contributed by atoms with Gasteiger partial charge in [-0.25, -0.2) is 0 Å². The summed E-state index contributed by atoms with van der Waals surface area (Å²) in [4.78, 5) is 24.7. The summed E-state index contributed by atoms with van der Waals surface area (Å²) in [6.07, 6.45) is 0.0822. The number of hydrogen-bond donors (Lipinski definition) is 1. The molecular formula is C10H19ClN2O4. The maximum Gasteiger partial charge on any atom is 0.307 e. The Hall–Kier alpha value is -0.850. The smallest absolute Gasteiger partial charge is 0.307 e. The molecule has 7 heteroatoms. The third-order valence-electron chi connectivity index (χ3n) is 2.55. The molecule has 1 N–H and O–H groups in total. The molecule has 1 saturated heterocycles. The van der Waals surface area contributed by atoms with Crippen molar-refractivity contribution in [1.82, 2.24) is 10.2 Å². The van der Waals surface area contributed by atoms with Crippen molar-refractivity contribution >= 4 is 24.3 Å². The van der Waals surface area contributed by atoms with E-state index in [1.165, 1.54) is 7.11 Å². The van der Waals surface area contributed by atoms with Crippen molar-refractivity contribution in [1.29, 1.82) is 0 Å². The molecule has 0 aromatic carbocycles. The molecule has 6 nitrogen and oxygen atoms in total. The Bertz CT molecular complexity index is 263. The summed E-state index contributed by atoms with van der Waals surface area (Å²) >= 11 is 0. The number of nitrogens with one attached hydrogen (secondary N) is 1. The Morgan fingerprint density at radius 1 is 1.53 bits per heavy atom. The molecule has 1 unspecified atom stereocenters. The van der Waals surface area contributed by atoms with Gasteiger partial charge in [0.25, 0.3) is 0 Å². The highest BCUT2D eigenvalue weighted by Crippen LogP contribution is 2.05. The van der Waals surface area contributed by atoms with Crippen LogP contribution in [-0.2, 0) is 19.1 Å². The predicted octanol–water partition coefficient (Wildman–Crippen LogP) is -0.582. The standard InChI is InChI=1S/C10H18N2O4.ClH/c1-15-6-5-12-4-3-11-8(10(12)14)7-9(13)16-2;/h8,11H,3-7H2,1-2H3;1H. The van der Waals surface area contributed by atoms with Crippen LogP contribution in [0.25, 0.3) is 0 Å². The zero-order valence-corrected chi connectivity index (χ0v) is 10.9. The first-order valence-electron chi connectivity index (χ1n) is 5.27. The van der Waals surface area contributed by atoms with Crippen LogP contribution in [0.5, 0.6) is 0 Å². The number of ether oxygens (including phenoxy) is 2. The number of nitrogens with zero attached hydrogens (tertiary/aromatic N) is 1. The number of carbonyl (C=O) groups excluding carboxylic acids is 2. The average molecular weight is 267 g/mol. The molecule has 1 heterocycles. The van der Waals surface area contributed by atoms with E-state index in [9.17, 15) is 9.59 Å². The lowest BCUT2D eigenvalue weighted by atomic mass is 10.1. The number of halogens is 1. The molecule has 1 atom stereocenters. The third-order valence-corrected chi connectivity index (χ3v) is 2.55. The highest BCUT2D eigenvalue weighted by atomic mass is 35.5. The van der Waals surface area contributed by atoms with Gasteiger partial charge in [0.15, 0.2) is 0 Å². The summed E-state index contributed by atoms with van der Waals surface area (Å²) in [5.41, 5.74) is 0. The van der Waals surface area contributed by atoms with Gasteiger partial charge >= 0.3 is 5.97 Å². The SMILES string of the molecule is COCCN1CCNC(CC(=O)OC)C1=O.Cl. The summed E-state index contributed by atoms with van der Waals surface area (Å²) in [6.45, 7) is 2.42. The Morgan fingerprint density at radius 2 is 2.24 bits per heavy atom. The summed E-state index contributed by atoms with van der Waals surface area (Å²) < 4.78 is 9.47. The van der Waals surface area contributed by atoms with Crippen molar-refractivity contribution < 1.29 is 19.1 Å². The summed E-state index contributed by atoms with van der Waals surface area (Å²) in [7, 11) is 2.91. The lowest BCUT2D eigenvalue weighted by molar-refractivity contribution is -0.146.